The SMILES string of the molecule is CN1CCC(CNS(=O)(=O)c2c[nH]c(=O)c(Cl)c2)CC1. The summed E-state index contributed by atoms with van der Waals surface area (Å²) in [6, 6.07) is 1.16. The van der Waals surface area contributed by atoms with E-state index in [1.807, 2.05) is 0 Å². The third-order valence-corrected chi connectivity index (χ3v) is 5.23. The first-order valence-electron chi connectivity index (χ1n) is 6.45. The van der Waals surface area contributed by atoms with Gasteiger partial charge >= 0.3 is 0 Å². The van der Waals surface area contributed by atoms with Gasteiger partial charge in [-0.25, -0.2) is 13.1 Å². The van der Waals surface area contributed by atoms with Gasteiger partial charge in [-0.2, -0.15) is 0 Å². The second kappa shape index (κ2) is 6.26. The molecule has 0 bridgehead atoms. The minimum Gasteiger partial charge on any atom is -0.326 e. The third-order valence-electron chi connectivity index (χ3n) is 3.54. The Morgan fingerprint density at radius 3 is 2.70 bits per heavy atom. The third kappa shape index (κ3) is 3.82. The maximum atomic E-state index is 12.1. The van der Waals surface area contributed by atoms with E-state index in [9.17, 15) is 13.2 Å². The average molecular weight is 320 g/mol. The lowest BCUT2D eigenvalue weighted by Gasteiger charge is -2.28. The molecular weight excluding hydrogens is 302 g/mol. The molecule has 0 spiro atoms. The number of H-pyrrole nitrogens is 1. The second-order valence-corrected chi connectivity index (χ2v) is 7.29. The van der Waals surface area contributed by atoms with Gasteiger partial charge in [-0.1, -0.05) is 11.6 Å². The molecule has 1 aliphatic heterocycles. The molecule has 6 nitrogen and oxygen atoms in total. The van der Waals surface area contributed by atoms with Crippen LogP contribution in [0.5, 0.6) is 0 Å². The molecule has 0 aromatic carbocycles. The van der Waals surface area contributed by atoms with Crippen LogP contribution >= 0.6 is 11.6 Å². The quantitative estimate of drug-likeness (QED) is 0.853. The summed E-state index contributed by atoms with van der Waals surface area (Å²) in [6.45, 7) is 2.38. The van der Waals surface area contributed by atoms with Crippen molar-refractivity contribution in [3.05, 3.63) is 27.6 Å². The van der Waals surface area contributed by atoms with E-state index < -0.39 is 15.6 Å². The molecule has 1 aromatic heterocycles. The number of hydrogen-bond donors (Lipinski definition) is 2. The molecule has 112 valence electrons. The van der Waals surface area contributed by atoms with Gasteiger partial charge in [0.2, 0.25) is 10.0 Å². The monoisotopic (exact) mass is 319 g/mol. The maximum absolute atomic E-state index is 12.1. The van der Waals surface area contributed by atoms with Crippen molar-refractivity contribution >= 4 is 21.6 Å². The lowest BCUT2D eigenvalue weighted by atomic mass is 9.98. The van der Waals surface area contributed by atoms with E-state index in [0.717, 1.165) is 38.2 Å². The van der Waals surface area contributed by atoms with Gasteiger partial charge in [-0.05, 0) is 45.0 Å². The van der Waals surface area contributed by atoms with Gasteiger partial charge in [0.05, 0.1) is 4.90 Å². The Balaban J connectivity index is 2.00. The number of pyridine rings is 1. The van der Waals surface area contributed by atoms with Gasteiger partial charge in [-0.15, -0.1) is 0 Å². The highest BCUT2D eigenvalue weighted by Gasteiger charge is 2.21. The van der Waals surface area contributed by atoms with E-state index in [4.69, 9.17) is 11.6 Å². The van der Waals surface area contributed by atoms with Crippen LogP contribution in [0.25, 0.3) is 0 Å². The number of rotatable bonds is 4. The predicted molar refractivity (Wildman–Crippen MR) is 77.5 cm³/mol. The molecular formula is C12H18ClN3O3S. The number of aromatic nitrogens is 1. The Morgan fingerprint density at radius 1 is 1.45 bits per heavy atom. The second-order valence-electron chi connectivity index (χ2n) is 5.11. The summed E-state index contributed by atoms with van der Waals surface area (Å²) in [7, 11) is -1.57. The molecule has 1 fully saturated rings. The maximum Gasteiger partial charge on any atom is 0.266 e. The van der Waals surface area contributed by atoms with Crippen molar-refractivity contribution in [1.29, 1.82) is 0 Å². The molecule has 1 aliphatic rings. The van der Waals surface area contributed by atoms with E-state index >= 15 is 0 Å². The van der Waals surface area contributed by atoms with E-state index in [1.165, 1.54) is 0 Å². The summed E-state index contributed by atoms with van der Waals surface area (Å²) >= 11 is 5.64. The smallest absolute Gasteiger partial charge is 0.266 e. The minimum atomic E-state index is -3.63. The normalized spacial score (nSPS) is 18.3. The lowest BCUT2D eigenvalue weighted by Crippen LogP contribution is -2.37. The van der Waals surface area contributed by atoms with Crippen LogP contribution in [-0.4, -0.2) is 45.0 Å². The van der Waals surface area contributed by atoms with E-state index in [-0.39, 0.29) is 9.92 Å². The summed E-state index contributed by atoms with van der Waals surface area (Å²) in [5.41, 5.74) is -0.499. The fourth-order valence-electron chi connectivity index (χ4n) is 2.17. The van der Waals surface area contributed by atoms with Crippen LogP contribution in [0.1, 0.15) is 12.8 Å². The van der Waals surface area contributed by atoms with Crippen molar-refractivity contribution < 1.29 is 8.42 Å². The van der Waals surface area contributed by atoms with Crippen molar-refractivity contribution in [1.82, 2.24) is 14.6 Å². The van der Waals surface area contributed by atoms with Crippen molar-refractivity contribution in [3.63, 3.8) is 0 Å². The van der Waals surface area contributed by atoms with E-state index in [0.29, 0.717) is 12.5 Å². The van der Waals surface area contributed by atoms with Gasteiger partial charge in [0, 0.05) is 12.7 Å². The number of piperidine rings is 1. The average Bonchev–Trinajstić information content (AvgIpc) is 2.41. The van der Waals surface area contributed by atoms with E-state index in [2.05, 4.69) is 21.7 Å². The standard InChI is InChI=1S/C12H18ClN3O3S/c1-16-4-2-9(3-5-16)7-15-20(18,19)10-6-11(13)12(17)14-8-10/h6,8-9,15H,2-5,7H2,1H3,(H,14,17). The first-order chi connectivity index (χ1) is 9.38. The number of nitrogens with one attached hydrogen (secondary N) is 2. The highest BCUT2D eigenvalue weighted by Crippen LogP contribution is 2.16. The van der Waals surface area contributed by atoms with Crippen LogP contribution < -0.4 is 10.3 Å². The molecule has 0 amide bonds. The topological polar surface area (TPSA) is 82.3 Å². The Bertz CT molecular complexity index is 621. The van der Waals surface area contributed by atoms with Gasteiger partial charge < -0.3 is 9.88 Å². The largest absolute Gasteiger partial charge is 0.326 e. The molecule has 8 heteroatoms. The molecule has 2 N–H and O–H groups in total. The molecule has 20 heavy (non-hydrogen) atoms. The molecule has 0 atom stereocenters. The van der Waals surface area contributed by atoms with Crippen molar-refractivity contribution in [2.24, 2.45) is 5.92 Å². The summed E-state index contributed by atoms with van der Waals surface area (Å²) in [6.07, 6.45) is 3.11. The van der Waals surface area contributed by atoms with Gasteiger partial charge in [0.1, 0.15) is 5.02 Å². The highest BCUT2D eigenvalue weighted by atomic mass is 35.5. The fourth-order valence-corrected chi connectivity index (χ4v) is 3.52. The summed E-state index contributed by atoms with van der Waals surface area (Å²) in [4.78, 5) is 15.6. The van der Waals surface area contributed by atoms with Crippen LogP contribution in [-0.2, 0) is 10.0 Å². The van der Waals surface area contributed by atoms with Gasteiger partial charge in [0.25, 0.3) is 5.56 Å². The zero-order valence-corrected chi connectivity index (χ0v) is 12.8. The van der Waals surface area contributed by atoms with Crippen molar-refractivity contribution in [2.45, 2.75) is 17.7 Å². The number of nitrogens with zero attached hydrogens (tertiary/aromatic N) is 1. The van der Waals surface area contributed by atoms with Crippen molar-refractivity contribution in [3.8, 4) is 0 Å². The van der Waals surface area contributed by atoms with Crippen LogP contribution in [0.15, 0.2) is 22.0 Å². The molecule has 0 saturated carbocycles. The molecule has 2 rings (SSSR count). The number of likely N-dealkylation sites (tertiary alicyclic amines) is 1. The zero-order chi connectivity index (χ0) is 14.8. The van der Waals surface area contributed by atoms with Gasteiger partial charge in [-0.3, -0.25) is 4.79 Å². The Morgan fingerprint density at radius 2 is 2.10 bits per heavy atom. The summed E-state index contributed by atoms with van der Waals surface area (Å²) in [5, 5.41) is -0.132. The molecule has 0 aliphatic carbocycles. The first kappa shape index (κ1) is 15.5. The Hall–Kier alpha value is -0.890. The first-order valence-corrected chi connectivity index (χ1v) is 8.31. The summed E-state index contributed by atoms with van der Waals surface area (Å²) < 4.78 is 26.8. The highest BCUT2D eigenvalue weighted by molar-refractivity contribution is 7.89. The minimum absolute atomic E-state index is 0.0185. The predicted octanol–water partition coefficient (Wildman–Crippen LogP) is 0.648. The molecule has 0 radical (unpaired) electrons. The number of aromatic amines is 1. The molecule has 0 unspecified atom stereocenters. The Kier molecular flexibility index (Phi) is 4.85. The van der Waals surface area contributed by atoms with Crippen LogP contribution in [0.4, 0.5) is 0 Å². The van der Waals surface area contributed by atoms with Gasteiger partial charge in [0.15, 0.2) is 0 Å². The Labute approximate surface area is 123 Å². The van der Waals surface area contributed by atoms with E-state index in [1.54, 1.807) is 0 Å². The molecule has 1 aromatic rings. The number of halogens is 1. The van der Waals surface area contributed by atoms with Crippen LogP contribution in [0, 0.1) is 5.92 Å². The lowest BCUT2D eigenvalue weighted by molar-refractivity contribution is 0.220. The molecule has 1 saturated heterocycles. The zero-order valence-electron chi connectivity index (χ0n) is 11.2. The van der Waals surface area contributed by atoms with Crippen molar-refractivity contribution in [2.75, 3.05) is 26.7 Å². The fraction of sp³-hybridized carbons (Fsp3) is 0.583. The molecule has 2 heterocycles. The number of hydrogen-bond acceptors (Lipinski definition) is 4. The van der Waals surface area contributed by atoms with Crippen LogP contribution in [0.2, 0.25) is 5.02 Å². The van der Waals surface area contributed by atoms with Crippen LogP contribution in [0.3, 0.4) is 0 Å². The number of sulfonamides is 1. The summed E-state index contributed by atoms with van der Waals surface area (Å²) in [5.74, 6) is 0.346.